The van der Waals surface area contributed by atoms with Gasteiger partial charge in [0.2, 0.25) is 0 Å². The Morgan fingerprint density at radius 3 is 2.50 bits per heavy atom. The number of oxime groups is 1. The number of halogens is 2. The predicted octanol–water partition coefficient (Wildman–Crippen LogP) is 0.703. The highest BCUT2D eigenvalue weighted by atomic mass is 79.9. The third kappa shape index (κ3) is 6.26. The van der Waals surface area contributed by atoms with Gasteiger partial charge in [0, 0.05) is 6.54 Å². The Labute approximate surface area is 170 Å². The summed E-state index contributed by atoms with van der Waals surface area (Å²) in [4.78, 5) is 10.4. The van der Waals surface area contributed by atoms with Crippen LogP contribution in [0, 0.1) is 5.82 Å². The van der Waals surface area contributed by atoms with Crippen molar-refractivity contribution >= 4 is 46.1 Å². The maximum Gasteiger partial charge on any atom is 0.454 e. The molecule has 0 aliphatic carbocycles. The van der Waals surface area contributed by atoms with Gasteiger partial charge in [0.1, 0.15) is 5.82 Å². The molecule has 1 aromatic rings. The van der Waals surface area contributed by atoms with Crippen LogP contribution in [0.4, 0.5) is 10.1 Å². The molecule has 1 aliphatic heterocycles. The first-order valence-corrected chi connectivity index (χ1v) is 9.51. The summed E-state index contributed by atoms with van der Waals surface area (Å²) in [7, 11) is -1.27. The van der Waals surface area contributed by atoms with E-state index < -0.39 is 12.9 Å². The molecule has 1 aromatic carbocycles. The zero-order chi connectivity index (χ0) is 20.7. The SMILES string of the molecule is NC(=NCCN1CCC(B(O)O)CC1)/C(=N\O)C(N)=Nc1ccc(F)c(Br)c1. The van der Waals surface area contributed by atoms with Crippen LogP contribution in [0.3, 0.4) is 0 Å². The van der Waals surface area contributed by atoms with E-state index in [4.69, 9.17) is 11.5 Å². The molecule has 7 N–H and O–H groups in total. The van der Waals surface area contributed by atoms with Crippen molar-refractivity contribution in [1.29, 1.82) is 0 Å². The Bertz CT molecular complexity index is 769. The first-order valence-electron chi connectivity index (χ1n) is 8.72. The fraction of sp³-hybridized carbons (Fsp3) is 0.438. The molecule has 1 fully saturated rings. The highest BCUT2D eigenvalue weighted by molar-refractivity contribution is 9.10. The van der Waals surface area contributed by atoms with Gasteiger partial charge in [-0.25, -0.2) is 9.38 Å². The van der Waals surface area contributed by atoms with Crippen molar-refractivity contribution in [1.82, 2.24) is 4.90 Å². The molecule has 0 spiro atoms. The van der Waals surface area contributed by atoms with Gasteiger partial charge in [0.25, 0.3) is 0 Å². The van der Waals surface area contributed by atoms with Gasteiger partial charge in [-0.05, 0) is 65.9 Å². The number of nitrogens with two attached hydrogens (primary N) is 2. The monoisotopic (exact) mass is 456 g/mol. The van der Waals surface area contributed by atoms with Gasteiger partial charge in [-0.3, -0.25) is 4.99 Å². The van der Waals surface area contributed by atoms with E-state index >= 15 is 0 Å². The van der Waals surface area contributed by atoms with E-state index in [-0.39, 0.29) is 27.7 Å². The Morgan fingerprint density at radius 2 is 1.93 bits per heavy atom. The minimum atomic E-state index is -1.27. The Balaban J connectivity index is 1.94. The first-order chi connectivity index (χ1) is 13.3. The van der Waals surface area contributed by atoms with Crippen molar-refractivity contribution in [3.63, 3.8) is 0 Å². The third-order valence-corrected chi connectivity index (χ3v) is 5.10. The summed E-state index contributed by atoms with van der Waals surface area (Å²) in [5, 5.41) is 30.7. The smallest absolute Gasteiger partial charge is 0.427 e. The van der Waals surface area contributed by atoms with E-state index in [0.717, 1.165) is 13.1 Å². The Hall–Kier alpha value is -2.02. The number of rotatable bonds is 7. The number of piperidine rings is 1. The maximum atomic E-state index is 13.3. The molecule has 0 aromatic heterocycles. The van der Waals surface area contributed by atoms with Crippen LogP contribution in [-0.2, 0) is 0 Å². The van der Waals surface area contributed by atoms with Gasteiger partial charge in [0.05, 0.1) is 16.7 Å². The lowest BCUT2D eigenvalue weighted by molar-refractivity contribution is 0.219. The Morgan fingerprint density at radius 1 is 1.25 bits per heavy atom. The van der Waals surface area contributed by atoms with Crippen LogP contribution < -0.4 is 11.5 Å². The third-order valence-electron chi connectivity index (χ3n) is 4.49. The number of hydrogen-bond acceptors (Lipinski definition) is 7. The number of likely N-dealkylation sites (tertiary alicyclic amines) is 1. The van der Waals surface area contributed by atoms with Gasteiger partial charge < -0.3 is 31.6 Å². The lowest BCUT2D eigenvalue weighted by Crippen LogP contribution is -2.39. The van der Waals surface area contributed by atoms with E-state index in [1.807, 2.05) is 0 Å². The molecule has 152 valence electrons. The second-order valence-corrected chi connectivity index (χ2v) is 7.26. The van der Waals surface area contributed by atoms with E-state index in [2.05, 4.69) is 36.0 Å². The molecule has 0 unspecified atom stereocenters. The summed E-state index contributed by atoms with van der Waals surface area (Å²) in [5.41, 5.74) is 11.9. The van der Waals surface area contributed by atoms with Gasteiger partial charge in [-0.1, -0.05) is 5.16 Å². The van der Waals surface area contributed by atoms with Crippen molar-refractivity contribution in [2.75, 3.05) is 26.2 Å². The summed E-state index contributed by atoms with van der Waals surface area (Å²) < 4.78 is 13.5. The number of aliphatic imine (C=N–C) groups is 2. The highest BCUT2D eigenvalue weighted by Crippen LogP contribution is 2.23. The minimum absolute atomic E-state index is 0.0643. The predicted molar refractivity (Wildman–Crippen MR) is 111 cm³/mol. The molecular weight excluding hydrogens is 434 g/mol. The lowest BCUT2D eigenvalue weighted by atomic mass is 9.67. The molecule has 1 saturated heterocycles. The summed E-state index contributed by atoms with van der Waals surface area (Å²) in [5.74, 6) is -0.752. The molecule has 28 heavy (non-hydrogen) atoms. The van der Waals surface area contributed by atoms with Crippen LogP contribution in [-0.4, -0.2) is 70.8 Å². The molecule has 0 bridgehead atoms. The topological polar surface area (TPSA) is 153 Å². The molecule has 0 saturated carbocycles. The summed E-state index contributed by atoms with van der Waals surface area (Å²) >= 11 is 3.06. The summed E-state index contributed by atoms with van der Waals surface area (Å²) in [6.07, 6.45) is 1.40. The number of amidine groups is 2. The van der Waals surface area contributed by atoms with Crippen LogP contribution in [0.2, 0.25) is 5.82 Å². The molecule has 9 nitrogen and oxygen atoms in total. The number of hydrogen-bond donors (Lipinski definition) is 5. The van der Waals surface area contributed by atoms with Crippen LogP contribution in [0.25, 0.3) is 0 Å². The molecule has 0 radical (unpaired) electrons. The normalized spacial score (nSPS) is 17.8. The molecule has 1 heterocycles. The highest BCUT2D eigenvalue weighted by Gasteiger charge is 2.27. The van der Waals surface area contributed by atoms with Crippen molar-refractivity contribution in [3.8, 4) is 0 Å². The quantitative estimate of drug-likeness (QED) is 0.134. The lowest BCUT2D eigenvalue weighted by Gasteiger charge is -2.30. The van der Waals surface area contributed by atoms with Crippen LogP contribution in [0.15, 0.2) is 37.8 Å². The van der Waals surface area contributed by atoms with E-state index in [9.17, 15) is 19.6 Å². The van der Waals surface area contributed by atoms with Gasteiger partial charge in [-0.15, -0.1) is 0 Å². The Kier molecular flexibility index (Phi) is 8.36. The van der Waals surface area contributed by atoms with Crippen molar-refractivity contribution in [2.24, 2.45) is 26.6 Å². The second-order valence-electron chi connectivity index (χ2n) is 6.40. The molecule has 0 amide bonds. The number of benzene rings is 1. The fourth-order valence-electron chi connectivity index (χ4n) is 2.84. The average molecular weight is 457 g/mol. The first kappa shape index (κ1) is 22.3. The molecule has 12 heteroatoms. The van der Waals surface area contributed by atoms with E-state index in [1.54, 1.807) is 0 Å². The van der Waals surface area contributed by atoms with Crippen molar-refractivity contribution < 1.29 is 19.6 Å². The largest absolute Gasteiger partial charge is 0.454 e. The van der Waals surface area contributed by atoms with Crippen molar-refractivity contribution in [2.45, 2.75) is 18.7 Å². The summed E-state index contributed by atoms with van der Waals surface area (Å²) in [6, 6.07) is 4.07. The molecule has 2 rings (SSSR count). The zero-order valence-corrected chi connectivity index (χ0v) is 16.8. The molecule has 0 atom stereocenters. The summed E-state index contributed by atoms with van der Waals surface area (Å²) in [6.45, 7) is 2.45. The zero-order valence-electron chi connectivity index (χ0n) is 15.2. The number of nitrogens with zero attached hydrogens (tertiary/aromatic N) is 4. The van der Waals surface area contributed by atoms with E-state index in [0.29, 0.717) is 31.6 Å². The van der Waals surface area contributed by atoms with Crippen LogP contribution >= 0.6 is 15.9 Å². The van der Waals surface area contributed by atoms with Crippen LogP contribution in [0.5, 0.6) is 0 Å². The molecule has 1 aliphatic rings. The van der Waals surface area contributed by atoms with Crippen molar-refractivity contribution in [3.05, 3.63) is 28.5 Å². The van der Waals surface area contributed by atoms with Gasteiger partial charge in [-0.2, -0.15) is 0 Å². The van der Waals surface area contributed by atoms with Gasteiger partial charge in [0.15, 0.2) is 17.4 Å². The van der Waals surface area contributed by atoms with Gasteiger partial charge >= 0.3 is 7.12 Å². The standard InChI is InChI=1S/C16H23BBrFN6O3/c18-12-9-11(1-2-13(12)19)23-16(21)14(24-28)15(20)22-5-8-25-6-3-10(4-7-25)17(26)27/h1-2,9-10,26-28H,3-8H2,(H2,20,22)(H2,21,23)/b24-14+. The second kappa shape index (κ2) is 10.5. The minimum Gasteiger partial charge on any atom is -0.427 e. The average Bonchev–Trinajstić information content (AvgIpc) is 2.65. The van der Waals surface area contributed by atoms with E-state index in [1.165, 1.54) is 18.2 Å². The van der Waals surface area contributed by atoms with Crippen LogP contribution in [0.1, 0.15) is 12.8 Å². The maximum absolute atomic E-state index is 13.3. The molecular formula is C16H23BBrFN6O3. The fourth-order valence-corrected chi connectivity index (χ4v) is 3.21.